The number of hydrogen-bond acceptors (Lipinski definition) is 8. The Morgan fingerprint density at radius 3 is 2.50 bits per heavy atom. The van der Waals surface area contributed by atoms with E-state index in [-0.39, 0.29) is 11.8 Å². The van der Waals surface area contributed by atoms with Crippen LogP contribution in [0, 0.1) is 5.95 Å². The molecule has 2 aliphatic heterocycles. The summed E-state index contributed by atoms with van der Waals surface area (Å²) in [6.45, 7) is 3.10. The molecule has 2 saturated heterocycles. The number of anilines is 3. The van der Waals surface area contributed by atoms with Crippen LogP contribution in [0.25, 0.3) is 21.9 Å². The van der Waals surface area contributed by atoms with E-state index in [9.17, 15) is 4.39 Å². The van der Waals surface area contributed by atoms with Crippen molar-refractivity contribution in [2.24, 2.45) is 0 Å². The summed E-state index contributed by atoms with van der Waals surface area (Å²) in [5.41, 5.74) is 2.32. The van der Waals surface area contributed by atoms with Crippen molar-refractivity contribution in [1.82, 2.24) is 24.5 Å². The van der Waals surface area contributed by atoms with Crippen molar-refractivity contribution in [2.45, 2.75) is 50.4 Å². The van der Waals surface area contributed by atoms with Crippen LogP contribution in [0.5, 0.6) is 0 Å². The number of halogens is 1. The molecule has 0 atom stereocenters. The Labute approximate surface area is 207 Å². The van der Waals surface area contributed by atoms with Crippen LogP contribution in [0.15, 0.2) is 36.8 Å². The van der Waals surface area contributed by atoms with Gasteiger partial charge in [-0.25, -0.2) is 15.0 Å². The van der Waals surface area contributed by atoms with Gasteiger partial charge in [0.2, 0.25) is 11.9 Å². The van der Waals surface area contributed by atoms with Crippen molar-refractivity contribution in [2.75, 3.05) is 36.5 Å². The van der Waals surface area contributed by atoms with Gasteiger partial charge in [0, 0.05) is 55.1 Å². The fourth-order valence-corrected chi connectivity index (χ4v) is 5.96. The van der Waals surface area contributed by atoms with Gasteiger partial charge in [-0.2, -0.15) is 9.37 Å². The standard InChI is InChI=1S/C26H28FN7O2/c27-23-22-19(7-10-28-23)20-16-30-25(32-24(20)34(22)17-3-1-2-4-17)31-21-6-5-18(15-29-21)33-11-8-26(9-12-33)35-13-14-36-26/h5-7,10,15-17H,1-4,8-9,11-14H2,(H,29,30,31,32). The summed E-state index contributed by atoms with van der Waals surface area (Å²) in [5, 5.41) is 4.87. The van der Waals surface area contributed by atoms with E-state index < -0.39 is 5.95 Å². The number of nitrogens with zero attached hydrogens (tertiary/aromatic N) is 6. The Bertz CT molecular complexity index is 1400. The van der Waals surface area contributed by atoms with Crippen LogP contribution < -0.4 is 10.2 Å². The van der Waals surface area contributed by atoms with Gasteiger partial charge in [0.25, 0.3) is 0 Å². The number of hydrogen-bond donors (Lipinski definition) is 1. The first-order valence-electron chi connectivity index (χ1n) is 12.8. The van der Waals surface area contributed by atoms with Crippen LogP contribution in [0.3, 0.4) is 0 Å². The molecule has 0 bridgehead atoms. The maximum Gasteiger partial charge on any atom is 0.237 e. The lowest BCUT2D eigenvalue weighted by atomic mass is 10.0. The first kappa shape index (κ1) is 21.9. The maximum absolute atomic E-state index is 14.8. The third-order valence-electron chi connectivity index (χ3n) is 7.79. The van der Waals surface area contributed by atoms with Gasteiger partial charge in [0.05, 0.1) is 25.1 Å². The zero-order valence-electron chi connectivity index (χ0n) is 20.0. The molecule has 0 amide bonds. The molecule has 10 heteroatoms. The molecule has 0 unspecified atom stereocenters. The number of piperidine rings is 1. The molecule has 7 rings (SSSR count). The minimum Gasteiger partial charge on any atom is -0.370 e. The average molecular weight is 490 g/mol. The molecule has 186 valence electrons. The van der Waals surface area contributed by atoms with E-state index >= 15 is 0 Å². The number of nitrogens with one attached hydrogen (secondary N) is 1. The highest BCUT2D eigenvalue weighted by Crippen LogP contribution is 2.38. The highest BCUT2D eigenvalue weighted by molar-refractivity contribution is 6.06. The lowest BCUT2D eigenvalue weighted by molar-refractivity contribution is -0.169. The van der Waals surface area contributed by atoms with Gasteiger partial charge in [0.1, 0.15) is 17.0 Å². The summed E-state index contributed by atoms with van der Waals surface area (Å²) in [6, 6.07) is 6.05. The molecule has 9 nitrogen and oxygen atoms in total. The first-order valence-corrected chi connectivity index (χ1v) is 12.8. The predicted molar refractivity (Wildman–Crippen MR) is 134 cm³/mol. The molecule has 4 aromatic heterocycles. The molecule has 1 aliphatic carbocycles. The third kappa shape index (κ3) is 3.67. The van der Waals surface area contributed by atoms with Crippen molar-refractivity contribution >= 4 is 39.4 Å². The van der Waals surface area contributed by atoms with Gasteiger partial charge >= 0.3 is 0 Å². The summed E-state index contributed by atoms with van der Waals surface area (Å²) in [6.07, 6.45) is 11.1. The van der Waals surface area contributed by atoms with Crippen LogP contribution >= 0.6 is 0 Å². The molecule has 1 spiro atoms. The van der Waals surface area contributed by atoms with Crippen LogP contribution in [0.4, 0.5) is 21.8 Å². The minimum absolute atomic E-state index is 0.215. The Balaban J connectivity index is 1.15. The summed E-state index contributed by atoms with van der Waals surface area (Å²) >= 11 is 0. The van der Waals surface area contributed by atoms with Gasteiger partial charge in [-0.05, 0) is 31.0 Å². The first-order chi connectivity index (χ1) is 17.7. The summed E-state index contributed by atoms with van der Waals surface area (Å²) in [4.78, 5) is 20.2. The molecule has 6 heterocycles. The minimum atomic E-state index is -0.459. The van der Waals surface area contributed by atoms with Crippen LogP contribution in [0.2, 0.25) is 0 Å². The predicted octanol–water partition coefficient (Wildman–Crippen LogP) is 4.72. The zero-order chi connectivity index (χ0) is 24.1. The number of rotatable bonds is 4. The molecule has 36 heavy (non-hydrogen) atoms. The van der Waals surface area contributed by atoms with Crippen molar-refractivity contribution < 1.29 is 13.9 Å². The van der Waals surface area contributed by atoms with E-state index in [1.807, 2.05) is 22.9 Å². The number of fused-ring (bicyclic) bond motifs is 3. The smallest absolute Gasteiger partial charge is 0.237 e. The van der Waals surface area contributed by atoms with Gasteiger partial charge < -0.3 is 24.3 Å². The maximum atomic E-state index is 14.8. The van der Waals surface area contributed by atoms with Crippen molar-refractivity contribution in [3.05, 3.63) is 42.7 Å². The van der Waals surface area contributed by atoms with Gasteiger partial charge in [-0.3, -0.25) is 0 Å². The lowest BCUT2D eigenvalue weighted by Crippen LogP contribution is -2.45. The van der Waals surface area contributed by atoms with E-state index in [0.717, 1.165) is 73.7 Å². The van der Waals surface area contributed by atoms with Crippen LogP contribution in [-0.4, -0.2) is 56.6 Å². The Morgan fingerprint density at radius 2 is 1.75 bits per heavy atom. The Kier molecular flexibility index (Phi) is 5.25. The SMILES string of the molecule is Fc1nccc2c3cnc(Nc4ccc(N5CCC6(CC5)OCCO6)cn4)nc3n(C3CCCC3)c12. The monoisotopic (exact) mass is 489 g/mol. The van der Waals surface area contributed by atoms with Crippen molar-refractivity contribution in [3.63, 3.8) is 0 Å². The second-order valence-electron chi connectivity index (χ2n) is 9.86. The van der Waals surface area contributed by atoms with Gasteiger partial charge in [-0.1, -0.05) is 12.8 Å². The summed E-state index contributed by atoms with van der Waals surface area (Å²) in [5.74, 6) is 0.249. The zero-order valence-corrected chi connectivity index (χ0v) is 20.0. The highest BCUT2D eigenvalue weighted by atomic mass is 19.1. The molecule has 4 aromatic rings. The second-order valence-corrected chi connectivity index (χ2v) is 9.86. The molecule has 1 saturated carbocycles. The molecule has 0 radical (unpaired) electrons. The normalized spacial score (nSPS) is 20.2. The van der Waals surface area contributed by atoms with E-state index in [4.69, 9.17) is 14.5 Å². The van der Waals surface area contributed by atoms with Gasteiger partial charge in [0.15, 0.2) is 5.79 Å². The summed E-state index contributed by atoms with van der Waals surface area (Å²) < 4.78 is 28.5. The Morgan fingerprint density at radius 1 is 0.944 bits per heavy atom. The number of ether oxygens (including phenoxy) is 2. The molecule has 3 aliphatic rings. The van der Waals surface area contributed by atoms with Crippen LogP contribution in [0.1, 0.15) is 44.6 Å². The Hall–Kier alpha value is -3.37. The fraction of sp³-hybridized carbons (Fsp3) is 0.462. The third-order valence-corrected chi connectivity index (χ3v) is 7.79. The molecule has 3 fully saturated rings. The topological polar surface area (TPSA) is 90.2 Å². The van der Waals surface area contributed by atoms with E-state index in [1.54, 1.807) is 6.20 Å². The highest BCUT2D eigenvalue weighted by Gasteiger charge is 2.39. The molecular weight excluding hydrogens is 461 g/mol. The average Bonchev–Trinajstić information content (AvgIpc) is 3.65. The lowest BCUT2D eigenvalue weighted by Gasteiger charge is -2.38. The molecule has 1 N–H and O–H groups in total. The van der Waals surface area contributed by atoms with E-state index in [0.29, 0.717) is 30.5 Å². The molecule has 0 aromatic carbocycles. The van der Waals surface area contributed by atoms with Crippen molar-refractivity contribution in [3.8, 4) is 0 Å². The number of aromatic nitrogens is 5. The van der Waals surface area contributed by atoms with Gasteiger partial charge in [-0.15, -0.1) is 0 Å². The fourth-order valence-electron chi connectivity index (χ4n) is 5.96. The summed E-state index contributed by atoms with van der Waals surface area (Å²) in [7, 11) is 0. The second kappa shape index (κ2) is 8.63. The van der Waals surface area contributed by atoms with E-state index in [1.165, 1.54) is 6.20 Å². The van der Waals surface area contributed by atoms with Crippen molar-refractivity contribution in [1.29, 1.82) is 0 Å². The largest absolute Gasteiger partial charge is 0.370 e. The molecular formula is C26H28FN7O2. The van der Waals surface area contributed by atoms with E-state index in [2.05, 4.69) is 31.2 Å². The number of pyridine rings is 2. The van der Waals surface area contributed by atoms with Crippen LogP contribution in [-0.2, 0) is 9.47 Å². The quantitative estimate of drug-likeness (QED) is 0.412.